The predicted octanol–water partition coefficient (Wildman–Crippen LogP) is 5.27. The molecule has 0 spiro atoms. The van der Waals surface area contributed by atoms with Crippen LogP contribution >= 0.6 is 27.5 Å². The van der Waals surface area contributed by atoms with Crippen LogP contribution in [0.1, 0.15) is 5.56 Å². The summed E-state index contributed by atoms with van der Waals surface area (Å²) in [4.78, 5) is 13.1. The quantitative estimate of drug-likeness (QED) is 0.369. The number of rotatable bonds is 9. The monoisotopic (exact) mass is 582 g/mol. The molecule has 0 aliphatic rings. The van der Waals surface area contributed by atoms with Crippen molar-refractivity contribution in [2.75, 3.05) is 37.5 Å². The van der Waals surface area contributed by atoms with Crippen LogP contribution in [0.25, 0.3) is 0 Å². The Kier molecular flexibility index (Phi) is 8.52. The molecule has 11 heteroatoms. The number of amides is 1. The molecular weight excluding hydrogens is 560 g/mol. The van der Waals surface area contributed by atoms with Gasteiger partial charge in [0.05, 0.1) is 47.1 Å². The van der Waals surface area contributed by atoms with Crippen molar-refractivity contribution >= 4 is 54.8 Å². The van der Waals surface area contributed by atoms with Crippen molar-refractivity contribution in [2.24, 2.45) is 0 Å². The average molecular weight is 584 g/mol. The molecule has 3 aromatic carbocycles. The molecule has 1 N–H and O–H groups in total. The van der Waals surface area contributed by atoms with Gasteiger partial charge in [0.2, 0.25) is 5.91 Å². The Morgan fingerprint density at radius 1 is 0.943 bits per heavy atom. The van der Waals surface area contributed by atoms with Gasteiger partial charge in [0, 0.05) is 12.1 Å². The van der Waals surface area contributed by atoms with E-state index in [1.54, 1.807) is 24.3 Å². The lowest BCUT2D eigenvalue weighted by Gasteiger charge is -2.25. The van der Waals surface area contributed by atoms with E-state index in [4.69, 9.17) is 25.8 Å². The van der Waals surface area contributed by atoms with Crippen LogP contribution in [0.5, 0.6) is 17.2 Å². The number of methoxy groups -OCH3 is 3. The Morgan fingerprint density at radius 2 is 1.57 bits per heavy atom. The number of aryl methyl sites for hydroxylation is 1. The van der Waals surface area contributed by atoms with E-state index in [-0.39, 0.29) is 10.6 Å². The van der Waals surface area contributed by atoms with Crippen LogP contribution in [-0.2, 0) is 14.8 Å². The van der Waals surface area contributed by atoms with E-state index in [0.29, 0.717) is 32.4 Å². The van der Waals surface area contributed by atoms with E-state index < -0.39 is 22.5 Å². The fourth-order valence-electron chi connectivity index (χ4n) is 3.24. The van der Waals surface area contributed by atoms with Gasteiger partial charge < -0.3 is 19.5 Å². The van der Waals surface area contributed by atoms with Gasteiger partial charge in [-0.25, -0.2) is 8.42 Å². The van der Waals surface area contributed by atoms with E-state index in [1.165, 1.54) is 51.7 Å². The Labute approximate surface area is 217 Å². The summed E-state index contributed by atoms with van der Waals surface area (Å²) in [5.41, 5.74) is 1.56. The van der Waals surface area contributed by atoms with E-state index >= 15 is 0 Å². The van der Waals surface area contributed by atoms with Gasteiger partial charge >= 0.3 is 0 Å². The first kappa shape index (κ1) is 26.7. The maximum atomic E-state index is 13.6. The maximum absolute atomic E-state index is 13.6. The highest BCUT2D eigenvalue weighted by molar-refractivity contribution is 9.10. The number of carbonyl (C=O) groups excluding carboxylic acids is 1. The summed E-state index contributed by atoms with van der Waals surface area (Å²) in [5, 5.41) is 2.99. The molecule has 0 radical (unpaired) electrons. The third kappa shape index (κ3) is 6.01. The Balaban J connectivity index is 1.99. The summed E-state index contributed by atoms with van der Waals surface area (Å²) >= 11 is 9.46. The van der Waals surface area contributed by atoms with Crippen molar-refractivity contribution in [3.8, 4) is 17.2 Å². The molecule has 1 amide bonds. The maximum Gasteiger partial charge on any atom is 0.264 e. The highest BCUT2D eigenvalue weighted by atomic mass is 79.9. The van der Waals surface area contributed by atoms with Crippen molar-refractivity contribution in [2.45, 2.75) is 11.8 Å². The van der Waals surface area contributed by atoms with Crippen LogP contribution in [0, 0.1) is 6.92 Å². The van der Waals surface area contributed by atoms with Crippen LogP contribution in [0.4, 0.5) is 11.4 Å². The SMILES string of the molecule is COc1cc(NC(=O)CN(c2ccc(C)cc2)S(=O)(=O)c2ccc(OC)c(Br)c2)c(OC)cc1Cl. The van der Waals surface area contributed by atoms with E-state index in [9.17, 15) is 13.2 Å². The highest BCUT2D eigenvalue weighted by Crippen LogP contribution is 2.36. The summed E-state index contributed by atoms with van der Waals surface area (Å²) in [6.07, 6.45) is 0. The molecule has 8 nitrogen and oxygen atoms in total. The van der Waals surface area contributed by atoms with Crippen molar-refractivity contribution < 1.29 is 27.4 Å². The molecule has 0 fully saturated rings. The van der Waals surface area contributed by atoms with Gasteiger partial charge in [-0.1, -0.05) is 29.3 Å². The molecule has 3 aromatic rings. The second-order valence-electron chi connectivity index (χ2n) is 7.38. The molecule has 0 atom stereocenters. The average Bonchev–Trinajstić information content (AvgIpc) is 2.83. The second kappa shape index (κ2) is 11.2. The molecule has 0 heterocycles. The van der Waals surface area contributed by atoms with E-state index in [1.807, 2.05) is 6.92 Å². The minimum absolute atomic E-state index is 0.00991. The van der Waals surface area contributed by atoms with Gasteiger partial charge in [0.15, 0.2) is 0 Å². The van der Waals surface area contributed by atoms with Gasteiger partial charge in [0.1, 0.15) is 23.8 Å². The van der Waals surface area contributed by atoms with Crippen molar-refractivity contribution in [3.63, 3.8) is 0 Å². The van der Waals surface area contributed by atoms with E-state index in [0.717, 1.165) is 9.87 Å². The Morgan fingerprint density at radius 3 is 2.14 bits per heavy atom. The van der Waals surface area contributed by atoms with Crippen molar-refractivity contribution in [1.29, 1.82) is 0 Å². The molecule has 0 unspecified atom stereocenters. The van der Waals surface area contributed by atoms with Gasteiger partial charge in [-0.05, 0) is 53.2 Å². The summed E-state index contributed by atoms with van der Waals surface area (Å²) in [5.74, 6) is 0.513. The Hall–Kier alpha value is -2.95. The number of ether oxygens (including phenoxy) is 3. The largest absolute Gasteiger partial charge is 0.496 e. The highest BCUT2D eigenvalue weighted by Gasteiger charge is 2.28. The predicted molar refractivity (Wildman–Crippen MR) is 140 cm³/mol. The topological polar surface area (TPSA) is 94.2 Å². The number of benzene rings is 3. The smallest absolute Gasteiger partial charge is 0.264 e. The van der Waals surface area contributed by atoms with Crippen molar-refractivity contribution in [1.82, 2.24) is 0 Å². The third-order valence-corrected chi connectivity index (χ3v) is 7.75. The van der Waals surface area contributed by atoms with Crippen molar-refractivity contribution in [3.05, 3.63) is 69.7 Å². The van der Waals surface area contributed by atoms with E-state index in [2.05, 4.69) is 21.2 Å². The van der Waals surface area contributed by atoms with Gasteiger partial charge in [-0.2, -0.15) is 0 Å². The zero-order chi connectivity index (χ0) is 25.8. The molecule has 0 aromatic heterocycles. The molecule has 0 saturated carbocycles. The fraction of sp³-hybridized carbons (Fsp3) is 0.208. The number of anilines is 2. The van der Waals surface area contributed by atoms with Gasteiger partial charge in [-0.3, -0.25) is 9.10 Å². The number of hydrogen-bond acceptors (Lipinski definition) is 6. The number of nitrogens with zero attached hydrogens (tertiary/aromatic N) is 1. The fourth-order valence-corrected chi connectivity index (χ4v) is 5.61. The molecule has 0 saturated heterocycles. The zero-order valence-electron chi connectivity index (χ0n) is 19.5. The molecule has 35 heavy (non-hydrogen) atoms. The Bertz CT molecular complexity index is 1330. The number of hydrogen-bond donors (Lipinski definition) is 1. The second-order valence-corrected chi connectivity index (χ2v) is 10.5. The molecule has 0 bridgehead atoms. The number of nitrogens with one attached hydrogen (secondary N) is 1. The molecular formula is C24H24BrClN2O6S. The van der Waals surface area contributed by atoms with Crippen LogP contribution < -0.4 is 23.8 Å². The first-order chi connectivity index (χ1) is 16.6. The van der Waals surface area contributed by atoms with Crippen LogP contribution in [0.2, 0.25) is 5.02 Å². The first-order valence-electron chi connectivity index (χ1n) is 10.2. The third-order valence-electron chi connectivity index (χ3n) is 5.07. The summed E-state index contributed by atoms with van der Waals surface area (Å²) in [6, 6.07) is 14.2. The normalized spacial score (nSPS) is 11.0. The number of sulfonamides is 1. The zero-order valence-corrected chi connectivity index (χ0v) is 22.6. The van der Waals surface area contributed by atoms with Gasteiger partial charge in [-0.15, -0.1) is 0 Å². The minimum atomic E-state index is -4.13. The number of halogens is 2. The lowest BCUT2D eigenvalue weighted by Crippen LogP contribution is -2.38. The summed E-state index contributed by atoms with van der Waals surface area (Å²) < 4.78 is 44.5. The van der Waals surface area contributed by atoms with Crippen LogP contribution in [0.3, 0.4) is 0 Å². The molecule has 3 rings (SSSR count). The summed E-state index contributed by atoms with van der Waals surface area (Å²) in [7, 11) is 0.228. The first-order valence-corrected chi connectivity index (χ1v) is 12.9. The van der Waals surface area contributed by atoms with Gasteiger partial charge in [0.25, 0.3) is 10.0 Å². The lowest BCUT2D eigenvalue weighted by molar-refractivity contribution is -0.114. The summed E-state index contributed by atoms with van der Waals surface area (Å²) in [6.45, 7) is 1.39. The lowest BCUT2D eigenvalue weighted by atomic mass is 10.2. The molecule has 0 aliphatic heterocycles. The molecule has 0 aliphatic carbocycles. The van der Waals surface area contributed by atoms with Crippen LogP contribution in [-0.4, -0.2) is 42.2 Å². The standard InChI is InChI=1S/C24H24BrClN2O6S/c1-15-5-7-16(8-6-15)28(35(30,31)17-9-10-21(32-2)18(25)11-17)14-24(29)27-20-13-22(33-3)19(26)12-23(20)34-4/h5-13H,14H2,1-4H3,(H,27,29). The molecule has 186 valence electrons. The minimum Gasteiger partial charge on any atom is -0.496 e. The number of carbonyl (C=O) groups is 1. The van der Waals surface area contributed by atoms with Crippen LogP contribution in [0.15, 0.2) is 64.0 Å².